The van der Waals surface area contributed by atoms with Gasteiger partial charge in [0.15, 0.2) is 11.6 Å². The Hall–Kier alpha value is -2.37. The molecule has 1 amide bonds. The summed E-state index contributed by atoms with van der Waals surface area (Å²) >= 11 is 0. The van der Waals surface area contributed by atoms with Gasteiger partial charge in [0, 0.05) is 17.7 Å². The van der Waals surface area contributed by atoms with Crippen LogP contribution in [-0.2, 0) is 5.54 Å². The zero-order valence-electron chi connectivity index (χ0n) is 14.4. The SMILES string of the molecule is Cc1cc(C(=O)NC2CCOc3c(F)cccc32)nn1C(C)(C)C. The zero-order chi connectivity index (χ0) is 17.5. The van der Waals surface area contributed by atoms with Crippen LogP contribution in [0.4, 0.5) is 4.39 Å². The molecule has 2 aromatic rings. The maximum atomic E-state index is 13.8. The van der Waals surface area contributed by atoms with E-state index in [-0.39, 0.29) is 23.2 Å². The Morgan fingerprint density at radius 2 is 2.17 bits per heavy atom. The first-order chi connectivity index (χ1) is 11.3. The molecule has 128 valence electrons. The van der Waals surface area contributed by atoms with Crippen molar-refractivity contribution in [1.29, 1.82) is 0 Å². The second-order valence-corrected chi connectivity index (χ2v) is 7.07. The monoisotopic (exact) mass is 331 g/mol. The van der Waals surface area contributed by atoms with Gasteiger partial charge in [-0.3, -0.25) is 9.48 Å². The van der Waals surface area contributed by atoms with Crippen LogP contribution >= 0.6 is 0 Å². The molecule has 1 unspecified atom stereocenters. The third-order valence-electron chi connectivity index (χ3n) is 4.09. The molecule has 24 heavy (non-hydrogen) atoms. The van der Waals surface area contributed by atoms with Crippen LogP contribution in [0, 0.1) is 12.7 Å². The van der Waals surface area contributed by atoms with Crippen LogP contribution in [0.3, 0.4) is 0 Å². The van der Waals surface area contributed by atoms with E-state index in [2.05, 4.69) is 10.4 Å². The number of hydrogen-bond donors (Lipinski definition) is 1. The standard InChI is InChI=1S/C18H22FN3O2/c1-11-10-15(21-22(11)18(2,3)4)17(23)20-14-8-9-24-16-12(14)6-5-7-13(16)19/h5-7,10,14H,8-9H2,1-4H3,(H,20,23). The molecule has 0 spiro atoms. The maximum absolute atomic E-state index is 13.8. The van der Waals surface area contributed by atoms with Crippen molar-refractivity contribution < 1.29 is 13.9 Å². The van der Waals surface area contributed by atoms with Crippen LogP contribution < -0.4 is 10.1 Å². The minimum absolute atomic E-state index is 0.197. The number of aryl methyl sites for hydroxylation is 1. The number of nitrogens with zero attached hydrogens (tertiary/aromatic N) is 2. The van der Waals surface area contributed by atoms with E-state index in [1.54, 1.807) is 18.2 Å². The molecule has 0 bridgehead atoms. The molecular formula is C18H22FN3O2. The first kappa shape index (κ1) is 16.5. The first-order valence-corrected chi connectivity index (χ1v) is 8.06. The van der Waals surface area contributed by atoms with Gasteiger partial charge in [-0.05, 0) is 39.8 Å². The number of fused-ring (bicyclic) bond motifs is 1. The highest BCUT2D eigenvalue weighted by Gasteiger charge is 2.27. The Labute approximate surface area is 140 Å². The lowest BCUT2D eigenvalue weighted by molar-refractivity contribution is 0.0917. The number of benzene rings is 1. The Morgan fingerprint density at radius 3 is 2.83 bits per heavy atom. The Morgan fingerprint density at radius 1 is 1.42 bits per heavy atom. The zero-order valence-corrected chi connectivity index (χ0v) is 14.4. The molecule has 5 nitrogen and oxygen atoms in total. The van der Waals surface area contributed by atoms with Gasteiger partial charge in [-0.15, -0.1) is 0 Å². The minimum Gasteiger partial charge on any atom is -0.490 e. The molecule has 2 heterocycles. The van der Waals surface area contributed by atoms with Crippen molar-refractivity contribution in [3.8, 4) is 5.75 Å². The summed E-state index contributed by atoms with van der Waals surface area (Å²) in [6.07, 6.45) is 0.598. The molecular weight excluding hydrogens is 309 g/mol. The first-order valence-electron chi connectivity index (χ1n) is 8.06. The van der Waals surface area contributed by atoms with Gasteiger partial charge in [-0.25, -0.2) is 4.39 Å². The molecule has 1 aromatic carbocycles. The summed E-state index contributed by atoms with van der Waals surface area (Å²) in [5, 5.41) is 7.37. The van der Waals surface area contributed by atoms with E-state index in [1.165, 1.54) is 6.07 Å². The maximum Gasteiger partial charge on any atom is 0.272 e. The Kier molecular flexibility index (Phi) is 4.07. The third-order valence-corrected chi connectivity index (χ3v) is 4.09. The van der Waals surface area contributed by atoms with Crippen LogP contribution in [0.1, 0.15) is 55.0 Å². The number of nitrogens with one attached hydrogen (secondary N) is 1. The van der Waals surface area contributed by atoms with Crippen molar-refractivity contribution in [2.24, 2.45) is 0 Å². The smallest absolute Gasteiger partial charge is 0.272 e. The van der Waals surface area contributed by atoms with Crippen molar-refractivity contribution in [1.82, 2.24) is 15.1 Å². The van der Waals surface area contributed by atoms with Crippen LogP contribution in [0.2, 0.25) is 0 Å². The van der Waals surface area contributed by atoms with E-state index < -0.39 is 5.82 Å². The molecule has 1 N–H and O–H groups in total. The summed E-state index contributed by atoms with van der Waals surface area (Å²) in [5.41, 5.74) is 1.76. The molecule has 1 aromatic heterocycles. The quantitative estimate of drug-likeness (QED) is 0.918. The largest absolute Gasteiger partial charge is 0.490 e. The van der Waals surface area contributed by atoms with Gasteiger partial charge in [0.25, 0.3) is 5.91 Å². The molecule has 1 aliphatic rings. The van der Waals surface area contributed by atoms with E-state index in [4.69, 9.17) is 4.74 Å². The summed E-state index contributed by atoms with van der Waals surface area (Å²) in [5.74, 6) is -0.437. The van der Waals surface area contributed by atoms with Gasteiger partial charge >= 0.3 is 0 Å². The summed E-state index contributed by atoms with van der Waals surface area (Å²) in [7, 11) is 0. The van der Waals surface area contributed by atoms with E-state index in [0.29, 0.717) is 24.3 Å². The number of aromatic nitrogens is 2. The number of amides is 1. The van der Waals surface area contributed by atoms with Crippen LogP contribution in [0.25, 0.3) is 0 Å². The van der Waals surface area contributed by atoms with E-state index in [1.807, 2.05) is 32.4 Å². The van der Waals surface area contributed by atoms with Gasteiger partial charge in [-0.2, -0.15) is 5.10 Å². The normalized spacial score (nSPS) is 17.1. The average molecular weight is 331 g/mol. The number of para-hydroxylation sites is 1. The van der Waals surface area contributed by atoms with E-state index in [0.717, 1.165) is 5.69 Å². The minimum atomic E-state index is -0.403. The average Bonchev–Trinajstić information content (AvgIpc) is 2.91. The molecule has 0 saturated carbocycles. The van der Waals surface area contributed by atoms with Crippen molar-refractivity contribution in [3.63, 3.8) is 0 Å². The second-order valence-electron chi connectivity index (χ2n) is 7.07. The number of hydrogen-bond acceptors (Lipinski definition) is 3. The van der Waals surface area contributed by atoms with Gasteiger partial charge < -0.3 is 10.1 Å². The fourth-order valence-corrected chi connectivity index (χ4v) is 3.03. The van der Waals surface area contributed by atoms with Crippen molar-refractivity contribution >= 4 is 5.91 Å². The lowest BCUT2D eigenvalue weighted by Crippen LogP contribution is -2.33. The lowest BCUT2D eigenvalue weighted by atomic mass is 10.00. The van der Waals surface area contributed by atoms with Crippen LogP contribution in [-0.4, -0.2) is 22.3 Å². The summed E-state index contributed by atoms with van der Waals surface area (Å²) in [6.45, 7) is 8.40. The molecule has 1 atom stereocenters. The number of carbonyl (C=O) groups is 1. The molecule has 1 aliphatic heterocycles. The molecule has 0 saturated heterocycles. The highest BCUT2D eigenvalue weighted by molar-refractivity contribution is 5.92. The number of ether oxygens (including phenoxy) is 1. The van der Waals surface area contributed by atoms with Crippen molar-refractivity contribution in [2.45, 2.75) is 45.7 Å². The van der Waals surface area contributed by atoms with Crippen molar-refractivity contribution in [2.75, 3.05) is 6.61 Å². The Balaban J connectivity index is 1.83. The predicted octanol–water partition coefficient (Wildman–Crippen LogP) is 3.34. The summed E-state index contributed by atoms with van der Waals surface area (Å²) < 4.78 is 21.1. The molecule has 6 heteroatoms. The van der Waals surface area contributed by atoms with E-state index >= 15 is 0 Å². The van der Waals surface area contributed by atoms with E-state index in [9.17, 15) is 9.18 Å². The van der Waals surface area contributed by atoms with Gasteiger partial charge in [-0.1, -0.05) is 12.1 Å². The van der Waals surface area contributed by atoms with Crippen molar-refractivity contribution in [3.05, 3.63) is 47.0 Å². The summed E-state index contributed by atoms with van der Waals surface area (Å²) in [4.78, 5) is 12.6. The number of carbonyl (C=O) groups excluding carboxylic acids is 1. The molecule has 3 rings (SSSR count). The molecule has 0 fully saturated rings. The summed E-state index contributed by atoms with van der Waals surface area (Å²) in [6, 6.07) is 6.25. The lowest BCUT2D eigenvalue weighted by Gasteiger charge is -2.26. The fraction of sp³-hybridized carbons (Fsp3) is 0.444. The van der Waals surface area contributed by atoms with Gasteiger partial charge in [0.1, 0.15) is 5.69 Å². The predicted molar refractivity (Wildman–Crippen MR) is 88.7 cm³/mol. The topological polar surface area (TPSA) is 56.1 Å². The Bertz CT molecular complexity index is 777. The number of rotatable bonds is 2. The van der Waals surface area contributed by atoms with Gasteiger partial charge in [0.05, 0.1) is 18.2 Å². The van der Waals surface area contributed by atoms with Crippen LogP contribution in [0.5, 0.6) is 5.75 Å². The fourth-order valence-electron chi connectivity index (χ4n) is 3.03. The van der Waals surface area contributed by atoms with Gasteiger partial charge in [0.2, 0.25) is 0 Å². The van der Waals surface area contributed by atoms with Crippen LogP contribution in [0.15, 0.2) is 24.3 Å². The highest BCUT2D eigenvalue weighted by Crippen LogP contribution is 2.34. The number of halogens is 1. The molecule has 0 aliphatic carbocycles. The highest BCUT2D eigenvalue weighted by atomic mass is 19.1. The molecule has 0 radical (unpaired) electrons. The second kappa shape index (κ2) is 5.92. The third kappa shape index (κ3) is 3.00.